The molecule has 6 heteroatoms. The van der Waals surface area contributed by atoms with Gasteiger partial charge in [0.05, 0.1) is 0 Å². The lowest BCUT2D eigenvalue weighted by atomic mass is 10.2. The third-order valence-electron chi connectivity index (χ3n) is 1.13. The molecule has 0 heterocycles. The van der Waals surface area contributed by atoms with E-state index in [1.165, 1.54) is 12.1 Å². The van der Waals surface area contributed by atoms with Gasteiger partial charge in [0.2, 0.25) is 0 Å². The molecule has 0 radical (unpaired) electrons. The maximum atomic E-state index is 10.3. The lowest BCUT2D eigenvalue weighted by Crippen LogP contribution is -1.95. The molecule has 76 valence electrons. The van der Waals surface area contributed by atoms with E-state index in [0.29, 0.717) is 0 Å². The van der Waals surface area contributed by atoms with Crippen LogP contribution in [0.3, 0.4) is 0 Å². The van der Waals surface area contributed by atoms with Gasteiger partial charge in [0, 0.05) is 0 Å². The monoisotopic (exact) mass is 200 g/mol. The van der Waals surface area contributed by atoms with Gasteiger partial charge in [0.15, 0.2) is 0 Å². The molecular weight excluding hydrogens is 192 g/mol. The highest BCUT2D eigenvalue weighted by Crippen LogP contribution is 2.14. The van der Waals surface area contributed by atoms with Gasteiger partial charge < -0.3 is 20.4 Å². The number of rotatable bonds is 1. The highest BCUT2D eigenvalue weighted by molar-refractivity contribution is 5.90. The van der Waals surface area contributed by atoms with Crippen molar-refractivity contribution in [2.75, 3.05) is 0 Å². The summed E-state index contributed by atoms with van der Waals surface area (Å²) >= 11 is 0. The van der Waals surface area contributed by atoms with E-state index in [1.54, 1.807) is 12.1 Å². The third kappa shape index (κ3) is 4.60. The van der Waals surface area contributed by atoms with E-state index in [0.717, 1.165) is 0 Å². The lowest BCUT2D eigenvalue weighted by molar-refractivity contribution is 0.0693. The first-order chi connectivity index (χ1) is 6.45. The minimum absolute atomic E-state index is 0.0671. The molecule has 6 nitrogen and oxygen atoms in total. The van der Waals surface area contributed by atoms with Crippen molar-refractivity contribution in [2.45, 2.75) is 0 Å². The summed E-state index contributed by atoms with van der Waals surface area (Å²) in [6.45, 7) is 0. The van der Waals surface area contributed by atoms with Crippen molar-refractivity contribution in [3.63, 3.8) is 0 Å². The van der Waals surface area contributed by atoms with E-state index >= 15 is 0 Å². The third-order valence-corrected chi connectivity index (χ3v) is 1.13. The van der Waals surface area contributed by atoms with Crippen molar-refractivity contribution in [1.82, 2.24) is 0 Å². The highest BCUT2D eigenvalue weighted by atomic mass is 16.6. The summed E-state index contributed by atoms with van der Waals surface area (Å²) in [7, 11) is 0. The van der Waals surface area contributed by atoms with Crippen molar-refractivity contribution in [2.24, 2.45) is 0 Å². The number of para-hydroxylation sites is 1. The summed E-state index contributed by atoms with van der Waals surface area (Å²) in [5, 5.41) is 31.3. The number of benzene rings is 1. The van der Waals surface area contributed by atoms with Gasteiger partial charge in [0.1, 0.15) is 11.3 Å². The van der Waals surface area contributed by atoms with Crippen LogP contribution in [0.25, 0.3) is 0 Å². The minimum atomic E-state index is -1.83. The molecule has 0 saturated heterocycles. The molecule has 0 fully saturated rings. The first-order valence-electron chi connectivity index (χ1n) is 3.38. The zero-order valence-corrected chi connectivity index (χ0v) is 6.91. The van der Waals surface area contributed by atoms with Gasteiger partial charge >= 0.3 is 12.1 Å². The largest absolute Gasteiger partial charge is 0.507 e. The average molecular weight is 200 g/mol. The lowest BCUT2D eigenvalue weighted by Gasteiger charge is -1.95. The van der Waals surface area contributed by atoms with E-state index in [2.05, 4.69) is 0 Å². The molecule has 0 aliphatic rings. The van der Waals surface area contributed by atoms with Gasteiger partial charge in [-0.3, -0.25) is 0 Å². The average Bonchev–Trinajstić information content (AvgIpc) is 2.03. The molecule has 0 unspecified atom stereocenters. The molecule has 0 aromatic heterocycles. The minimum Gasteiger partial charge on any atom is -0.507 e. The summed E-state index contributed by atoms with van der Waals surface area (Å²) < 4.78 is 0. The van der Waals surface area contributed by atoms with Crippen LogP contribution in [0.2, 0.25) is 0 Å². The molecule has 0 bridgehead atoms. The number of carboxylic acid groups (broad SMARTS) is 3. The topological polar surface area (TPSA) is 115 Å². The van der Waals surface area contributed by atoms with Crippen molar-refractivity contribution in [1.29, 1.82) is 0 Å². The van der Waals surface area contributed by atoms with Gasteiger partial charge in [-0.1, -0.05) is 12.1 Å². The molecule has 0 saturated carbocycles. The fourth-order valence-electron chi connectivity index (χ4n) is 0.654. The molecule has 14 heavy (non-hydrogen) atoms. The molecule has 1 aromatic carbocycles. The van der Waals surface area contributed by atoms with Gasteiger partial charge in [-0.05, 0) is 12.1 Å². The van der Waals surface area contributed by atoms with Gasteiger partial charge in [-0.2, -0.15) is 0 Å². The van der Waals surface area contributed by atoms with E-state index in [1.807, 2.05) is 0 Å². The number of hydrogen-bond donors (Lipinski definition) is 4. The molecule has 0 amide bonds. The van der Waals surface area contributed by atoms with Crippen LogP contribution in [0, 0.1) is 0 Å². The van der Waals surface area contributed by atoms with E-state index in [4.69, 9.17) is 25.2 Å². The number of hydrogen-bond acceptors (Lipinski definition) is 3. The SMILES string of the molecule is O=C(O)O.O=C(O)c1ccccc1O. The fourth-order valence-corrected chi connectivity index (χ4v) is 0.654. The van der Waals surface area contributed by atoms with Gasteiger partial charge in [-0.15, -0.1) is 0 Å². The van der Waals surface area contributed by atoms with Crippen molar-refractivity contribution in [3.8, 4) is 5.75 Å². The number of carboxylic acids is 1. The van der Waals surface area contributed by atoms with Crippen LogP contribution in [0.15, 0.2) is 24.3 Å². The van der Waals surface area contributed by atoms with Crippen LogP contribution in [0.4, 0.5) is 4.79 Å². The predicted molar refractivity (Wildman–Crippen MR) is 45.7 cm³/mol. The van der Waals surface area contributed by atoms with Crippen molar-refractivity contribution >= 4 is 12.1 Å². The van der Waals surface area contributed by atoms with Gasteiger partial charge in [0.25, 0.3) is 0 Å². The van der Waals surface area contributed by atoms with Crippen LogP contribution in [-0.4, -0.2) is 32.6 Å². The number of phenols is 1. The van der Waals surface area contributed by atoms with Crippen LogP contribution in [0.1, 0.15) is 10.4 Å². The summed E-state index contributed by atoms with van der Waals surface area (Å²) in [4.78, 5) is 18.8. The summed E-state index contributed by atoms with van der Waals surface area (Å²) in [6.07, 6.45) is -1.83. The highest BCUT2D eigenvalue weighted by Gasteiger charge is 2.05. The van der Waals surface area contributed by atoms with Crippen molar-refractivity contribution < 1.29 is 30.0 Å². The Kier molecular flexibility index (Phi) is 4.55. The summed E-state index contributed by atoms with van der Waals surface area (Å²) in [5.41, 5.74) is -0.0671. The first kappa shape index (κ1) is 11.8. The Labute approximate surface area is 78.7 Å². The number of aromatic hydroxyl groups is 1. The Morgan fingerprint density at radius 3 is 1.71 bits per heavy atom. The van der Waals surface area contributed by atoms with Crippen LogP contribution >= 0.6 is 0 Å². The Morgan fingerprint density at radius 1 is 1.00 bits per heavy atom. The molecular formula is C8H8O6. The van der Waals surface area contributed by atoms with E-state index in [-0.39, 0.29) is 11.3 Å². The molecule has 1 aromatic rings. The summed E-state index contributed by atoms with van der Waals surface area (Å²) in [6, 6.07) is 5.81. The predicted octanol–water partition coefficient (Wildman–Crippen LogP) is 1.31. The van der Waals surface area contributed by atoms with Gasteiger partial charge in [-0.25, -0.2) is 9.59 Å². The molecule has 4 N–H and O–H groups in total. The van der Waals surface area contributed by atoms with Crippen LogP contribution in [-0.2, 0) is 0 Å². The second-order valence-corrected chi connectivity index (χ2v) is 2.10. The van der Waals surface area contributed by atoms with Crippen molar-refractivity contribution in [3.05, 3.63) is 29.8 Å². The molecule has 0 atom stereocenters. The zero-order valence-electron chi connectivity index (χ0n) is 6.91. The standard InChI is InChI=1S/C7H6O3.CH2O3/c8-6-4-2-1-3-5(6)7(9)10;2-1(3)4/h1-4,8H,(H,9,10);(H2,2,3,4). The first-order valence-corrected chi connectivity index (χ1v) is 3.38. The molecule has 0 aliphatic carbocycles. The summed E-state index contributed by atoms with van der Waals surface area (Å²) in [5.74, 6) is -1.31. The molecule has 0 aliphatic heterocycles. The second-order valence-electron chi connectivity index (χ2n) is 2.10. The fraction of sp³-hybridized carbons (Fsp3) is 0. The normalized spacial score (nSPS) is 8.29. The maximum Gasteiger partial charge on any atom is 0.503 e. The zero-order chi connectivity index (χ0) is 11.1. The van der Waals surface area contributed by atoms with Crippen LogP contribution < -0.4 is 0 Å². The van der Waals surface area contributed by atoms with Crippen LogP contribution in [0.5, 0.6) is 5.75 Å². The quantitative estimate of drug-likeness (QED) is 0.543. The Morgan fingerprint density at radius 2 is 1.43 bits per heavy atom. The number of carbonyl (C=O) groups is 2. The molecule has 0 spiro atoms. The maximum absolute atomic E-state index is 10.3. The van der Waals surface area contributed by atoms with E-state index in [9.17, 15) is 4.79 Å². The number of aromatic carboxylic acids is 1. The van der Waals surface area contributed by atoms with E-state index < -0.39 is 12.1 Å². The second kappa shape index (κ2) is 5.41. The molecule has 1 rings (SSSR count). The Hall–Kier alpha value is -2.24. The Bertz CT molecular complexity index is 328. The Balaban J connectivity index is 0.000000364. The smallest absolute Gasteiger partial charge is 0.503 e.